The standard InChI is InChI=1S/C9H14N2O2/c1-3-4-5-10-9(12)8-6-13-11-7(8)2/h6H,3-5H2,1-2H3,(H,10,12). The Balaban J connectivity index is 2.45. The van der Waals surface area contributed by atoms with Crippen LogP contribution in [0.2, 0.25) is 0 Å². The van der Waals surface area contributed by atoms with Gasteiger partial charge in [0.1, 0.15) is 11.8 Å². The first-order valence-corrected chi connectivity index (χ1v) is 4.45. The van der Waals surface area contributed by atoms with Crippen LogP contribution in [-0.2, 0) is 0 Å². The topological polar surface area (TPSA) is 55.1 Å². The van der Waals surface area contributed by atoms with Gasteiger partial charge in [0.15, 0.2) is 0 Å². The summed E-state index contributed by atoms with van der Waals surface area (Å²) < 4.78 is 4.66. The number of amides is 1. The van der Waals surface area contributed by atoms with Crippen molar-refractivity contribution in [3.8, 4) is 0 Å². The van der Waals surface area contributed by atoms with Crippen LogP contribution in [0, 0.1) is 6.92 Å². The molecule has 1 heterocycles. The number of carbonyl (C=O) groups is 1. The molecule has 0 saturated heterocycles. The Morgan fingerprint density at radius 1 is 1.69 bits per heavy atom. The monoisotopic (exact) mass is 182 g/mol. The van der Waals surface area contributed by atoms with Gasteiger partial charge in [0.05, 0.1) is 5.69 Å². The number of hydrogen-bond donors (Lipinski definition) is 1. The van der Waals surface area contributed by atoms with Crippen LogP contribution in [0.3, 0.4) is 0 Å². The van der Waals surface area contributed by atoms with Crippen molar-refractivity contribution in [2.75, 3.05) is 6.54 Å². The minimum atomic E-state index is -0.104. The lowest BCUT2D eigenvalue weighted by Gasteiger charge is -2.01. The molecule has 0 aromatic carbocycles. The van der Waals surface area contributed by atoms with E-state index >= 15 is 0 Å². The lowest BCUT2D eigenvalue weighted by Crippen LogP contribution is -2.24. The van der Waals surface area contributed by atoms with Crippen molar-refractivity contribution in [1.29, 1.82) is 0 Å². The van der Waals surface area contributed by atoms with Gasteiger partial charge in [-0.05, 0) is 13.3 Å². The molecule has 0 bridgehead atoms. The molecule has 0 spiro atoms. The number of aromatic nitrogens is 1. The Morgan fingerprint density at radius 2 is 2.46 bits per heavy atom. The normalized spacial score (nSPS) is 10.0. The maximum Gasteiger partial charge on any atom is 0.256 e. The molecule has 1 amide bonds. The van der Waals surface area contributed by atoms with E-state index in [1.165, 1.54) is 6.26 Å². The molecule has 0 radical (unpaired) electrons. The molecular formula is C9H14N2O2. The Kier molecular flexibility index (Phi) is 3.49. The smallest absolute Gasteiger partial charge is 0.256 e. The minimum Gasteiger partial charge on any atom is -0.364 e. The van der Waals surface area contributed by atoms with Gasteiger partial charge in [-0.15, -0.1) is 0 Å². The Hall–Kier alpha value is -1.32. The molecule has 1 N–H and O–H groups in total. The average molecular weight is 182 g/mol. The molecule has 72 valence electrons. The first-order valence-electron chi connectivity index (χ1n) is 4.45. The third-order valence-corrected chi connectivity index (χ3v) is 1.81. The second-order valence-corrected chi connectivity index (χ2v) is 2.92. The summed E-state index contributed by atoms with van der Waals surface area (Å²) in [6.45, 7) is 4.54. The van der Waals surface area contributed by atoms with Gasteiger partial charge in [-0.3, -0.25) is 4.79 Å². The molecule has 0 fully saturated rings. The number of nitrogens with one attached hydrogen (secondary N) is 1. The predicted molar refractivity (Wildman–Crippen MR) is 48.5 cm³/mol. The summed E-state index contributed by atoms with van der Waals surface area (Å²) in [6, 6.07) is 0. The molecule has 0 aliphatic carbocycles. The summed E-state index contributed by atoms with van der Waals surface area (Å²) in [6.07, 6.45) is 3.44. The molecule has 4 nitrogen and oxygen atoms in total. The van der Waals surface area contributed by atoms with Crippen LogP contribution >= 0.6 is 0 Å². The Labute approximate surface area is 77.3 Å². The van der Waals surface area contributed by atoms with Crippen LogP contribution in [0.4, 0.5) is 0 Å². The summed E-state index contributed by atoms with van der Waals surface area (Å²) in [5.41, 5.74) is 1.16. The number of aryl methyl sites for hydroxylation is 1. The molecule has 0 atom stereocenters. The van der Waals surface area contributed by atoms with Crippen LogP contribution in [0.5, 0.6) is 0 Å². The predicted octanol–water partition coefficient (Wildman–Crippen LogP) is 1.51. The maximum atomic E-state index is 11.4. The first-order chi connectivity index (χ1) is 6.25. The van der Waals surface area contributed by atoms with Gasteiger partial charge in [-0.25, -0.2) is 0 Å². The highest BCUT2D eigenvalue weighted by Crippen LogP contribution is 2.03. The molecule has 0 saturated carbocycles. The van der Waals surface area contributed by atoms with Gasteiger partial charge in [-0.2, -0.15) is 0 Å². The van der Waals surface area contributed by atoms with Crippen LogP contribution in [-0.4, -0.2) is 17.6 Å². The molecule has 1 aromatic rings. The quantitative estimate of drug-likeness (QED) is 0.718. The molecule has 0 unspecified atom stereocenters. The highest BCUT2D eigenvalue weighted by Gasteiger charge is 2.10. The van der Waals surface area contributed by atoms with Crippen molar-refractivity contribution in [2.45, 2.75) is 26.7 Å². The van der Waals surface area contributed by atoms with E-state index in [0.717, 1.165) is 12.8 Å². The number of hydrogen-bond acceptors (Lipinski definition) is 3. The molecule has 0 aliphatic rings. The molecule has 0 aliphatic heterocycles. The summed E-state index contributed by atoms with van der Waals surface area (Å²) in [5.74, 6) is -0.104. The van der Waals surface area contributed by atoms with E-state index in [0.29, 0.717) is 17.8 Å². The van der Waals surface area contributed by atoms with Gasteiger partial charge in [0.2, 0.25) is 0 Å². The van der Waals surface area contributed by atoms with Crippen LogP contribution in [0.1, 0.15) is 35.8 Å². The molecular weight excluding hydrogens is 168 g/mol. The number of unbranched alkanes of at least 4 members (excludes halogenated alkanes) is 1. The van der Waals surface area contributed by atoms with Crippen molar-refractivity contribution in [1.82, 2.24) is 10.5 Å². The summed E-state index contributed by atoms with van der Waals surface area (Å²) in [5, 5.41) is 6.42. The van der Waals surface area contributed by atoms with Gasteiger partial charge < -0.3 is 9.84 Å². The lowest BCUT2D eigenvalue weighted by molar-refractivity contribution is 0.0952. The molecule has 1 rings (SSSR count). The zero-order valence-corrected chi connectivity index (χ0v) is 7.96. The zero-order valence-electron chi connectivity index (χ0n) is 7.96. The first kappa shape index (κ1) is 9.77. The van der Waals surface area contributed by atoms with Crippen molar-refractivity contribution in [3.05, 3.63) is 17.5 Å². The Morgan fingerprint density at radius 3 is 3.00 bits per heavy atom. The fourth-order valence-corrected chi connectivity index (χ4v) is 0.984. The van der Waals surface area contributed by atoms with Gasteiger partial charge in [0.25, 0.3) is 5.91 Å². The Bertz CT molecular complexity index is 281. The molecule has 1 aromatic heterocycles. The van der Waals surface area contributed by atoms with Crippen molar-refractivity contribution in [3.63, 3.8) is 0 Å². The zero-order chi connectivity index (χ0) is 9.68. The second kappa shape index (κ2) is 4.64. The minimum absolute atomic E-state index is 0.104. The second-order valence-electron chi connectivity index (χ2n) is 2.92. The van der Waals surface area contributed by atoms with E-state index < -0.39 is 0 Å². The fraction of sp³-hybridized carbons (Fsp3) is 0.556. The van der Waals surface area contributed by atoms with Crippen molar-refractivity contribution >= 4 is 5.91 Å². The van der Waals surface area contributed by atoms with Gasteiger partial charge in [-0.1, -0.05) is 18.5 Å². The largest absolute Gasteiger partial charge is 0.364 e. The number of carbonyl (C=O) groups excluding carboxylic acids is 1. The van der Waals surface area contributed by atoms with E-state index in [2.05, 4.69) is 21.9 Å². The van der Waals surface area contributed by atoms with Crippen molar-refractivity contribution < 1.29 is 9.32 Å². The molecule has 13 heavy (non-hydrogen) atoms. The number of rotatable bonds is 4. The fourth-order valence-electron chi connectivity index (χ4n) is 0.984. The summed E-state index contributed by atoms with van der Waals surface area (Å²) >= 11 is 0. The van der Waals surface area contributed by atoms with Crippen LogP contribution < -0.4 is 5.32 Å². The summed E-state index contributed by atoms with van der Waals surface area (Å²) in [7, 11) is 0. The highest BCUT2D eigenvalue weighted by molar-refractivity contribution is 5.94. The third-order valence-electron chi connectivity index (χ3n) is 1.81. The van der Waals surface area contributed by atoms with Crippen LogP contribution in [0.15, 0.2) is 10.8 Å². The van der Waals surface area contributed by atoms with E-state index in [1.54, 1.807) is 6.92 Å². The highest BCUT2D eigenvalue weighted by atomic mass is 16.5. The van der Waals surface area contributed by atoms with Gasteiger partial charge in [0, 0.05) is 6.54 Å². The summed E-state index contributed by atoms with van der Waals surface area (Å²) in [4.78, 5) is 11.4. The van der Waals surface area contributed by atoms with E-state index in [1.807, 2.05) is 0 Å². The van der Waals surface area contributed by atoms with Crippen molar-refractivity contribution in [2.24, 2.45) is 0 Å². The van der Waals surface area contributed by atoms with Gasteiger partial charge >= 0.3 is 0 Å². The maximum absolute atomic E-state index is 11.4. The van der Waals surface area contributed by atoms with E-state index in [9.17, 15) is 4.79 Å². The van der Waals surface area contributed by atoms with E-state index in [4.69, 9.17) is 0 Å². The average Bonchev–Trinajstić information content (AvgIpc) is 2.52. The van der Waals surface area contributed by atoms with Crippen LogP contribution in [0.25, 0.3) is 0 Å². The third kappa shape index (κ3) is 2.57. The molecule has 4 heteroatoms. The SMILES string of the molecule is CCCCNC(=O)c1conc1C. The number of nitrogens with zero attached hydrogens (tertiary/aromatic N) is 1. The lowest BCUT2D eigenvalue weighted by atomic mass is 10.2. The van der Waals surface area contributed by atoms with E-state index in [-0.39, 0.29) is 5.91 Å².